The number of rotatable bonds is 2. The summed E-state index contributed by atoms with van der Waals surface area (Å²) in [5.41, 5.74) is 5.41. The molecule has 1 aliphatic heterocycles. The van der Waals surface area contributed by atoms with Gasteiger partial charge in [0.25, 0.3) is 0 Å². The lowest BCUT2D eigenvalue weighted by Crippen LogP contribution is -2.38. The Kier molecular flexibility index (Phi) is 3.29. The van der Waals surface area contributed by atoms with Crippen LogP contribution < -0.4 is 5.73 Å². The van der Waals surface area contributed by atoms with Crippen molar-refractivity contribution in [2.45, 2.75) is 32.0 Å². The summed E-state index contributed by atoms with van der Waals surface area (Å²) in [5, 5.41) is 0. The van der Waals surface area contributed by atoms with Gasteiger partial charge in [0.1, 0.15) is 16.0 Å². The smallest absolute Gasteiger partial charge is 0.150 e. The first kappa shape index (κ1) is 10.9. The van der Waals surface area contributed by atoms with Gasteiger partial charge in [-0.3, -0.25) is 0 Å². The molecular weight excluding hydrogens is 193 g/mol. The Balaban J connectivity index is 2.50. The first-order valence-corrected chi connectivity index (χ1v) is 6.34. The molecule has 0 radical (unpaired) electrons. The third kappa shape index (κ3) is 2.91. The predicted octanol–water partition coefficient (Wildman–Crippen LogP) is 0.497. The van der Waals surface area contributed by atoms with Crippen LogP contribution in [0.25, 0.3) is 0 Å². The number of sulfone groups is 1. The Morgan fingerprint density at radius 1 is 1.38 bits per heavy atom. The van der Waals surface area contributed by atoms with E-state index in [1.807, 2.05) is 0 Å². The molecule has 13 heavy (non-hydrogen) atoms. The van der Waals surface area contributed by atoms with Crippen molar-refractivity contribution < 1.29 is 12.8 Å². The highest BCUT2D eigenvalue weighted by molar-refractivity contribution is 7.91. The highest BCUT2D eigenvalue weighted by atomic mass is 32.2. The van der Waals surface area contributed by atoms with Crippen molar-refractivity contribution in [2.75, 3.05) is 11.5 Å². The molecule has 0 spiro atoms. The van der Waals surface area contributed by atoms with Crippen LogP contribution in [0.15, 0.2) is 0 Å². The van der Waals surface area contributed by atoms with E-state index in [4.69, 9.17) is 5.73 Å². The molecule has 2 unspecified atom stereocenters. The second-order valence-electron chi connectivity index (χ2n) is 3.79. The van der Waals surface area contributed by atoms with Gasteiger partial charge in [-0.2, -0.15) is 0 Å². The molecule has 1 aliphatic rings. The SMILES string of the molecule is CC(N)C(F)C1CCS(=O)(=O)CC1. The molecule has 0 amide bonds. The summed E-state index contributed by atoms with van der Waals surface area (Å²) in [4.78, 5) is 0. The van der Waals surface area contributed by atoms with Gasteiger partial charge in [-0.1, -0.05) is 0 Å². The van der Waals surface area contributed by atoms with Crippen LogP contribution in [0, 0.1) is 5.92 Å². The zero-order valence-electron chi connectivity index (χ0n) is 7.74. The molecule has 0 aliphatic carbocycles. The maximum Gasteiger partial charge on any atom is 0.150 e. The zero-order valence-corrected chi connectivity index (χ0v) is 8.56. The number of halogens is 1. The highest BCUT2D eigenvalue weighted by Crippen LogP contribution is 2.25. The molecule has 2 N–H and O–H groups in total. The van der Waals surface area contributed by atoms with Gasteiger partial charge in [0.05, 0.1) is 11.5 Å². The molecule has 1 saturated heterocycles. The Morgan fingerprint density at radius 2 is 1.85 bits per heavy atom. The Labute approximate surface area is 78.4 Å². The minimum atomic E-state index is -2.88. The van der Waals surface area contributed by atoms with Crippen LogP contribution in [0.3, 0.4) is 0 Å². The van der Waals surface area contributed by atoms with Crippen molar-refractivity contribution in [3.8, 4) is 0 Å². The van der Waals surface area contributed by atoms with Crippen LogP contribution in [-0.4, -0.2) is 32.1 Å². The zero-order chi connectivity index (χ0) is 10.1. The third-order valence-electron chi connectivity index (χ3n) is 2.55. The summed E-state index contributed by atoms with van der Waals surface area (Å²) in [7, 11) is -2.88. The largest absolute Gasteiger partial charge is 0.325 e. The van der Waals surface area contributed by atoms with E-state index in [-0.39, 0.29) is 17.4 Å². The number of alkyl halides is 1. The van der Waals surface area contributed by atoms with E-state index in [9.17, 15) is 12.8 Å². The normalized spacial score (nSPS) is 28.2. The first-order valence-electron chi connectivity index (χ1n) is 4.52. The Morgan fingerprint density at radius 3 is 2.23 bits per heavy atom. The molecule has 1 heterocycles. The van der Waals surface area contributed by atoms with E-state index in [1.165, 1.54) is 0 Å². The average molecular weight is 209 g/mol. The van der Waals surface area contributed by atoms with E-state index < -0.39 is 22.1 Å². The topological polar surface area (TPSA) is 60.2 Å². The van der Waals surface area contributed by atoms with Crippen molar-refractivity contribution in [3.05, 3.63) is 0 Å². The Hall–Kier alpha value is -0.160. The maximum absolute atomic E-state index is 13.3. The van der Waals surface area contributed by atoms with Crippen molar-refractivity contribution in [1.29, 1.82) is 0 Å². The molecule has 0 saturated carbocycles. The number of hydrogen-bond donors (Lipinski definition) is 1. The summed E-state index contributed by atoms with van der Waals surface area (Å²) in [5.74, 6) is 0.0684. The van der Waals surface area contributed by atoms with E-state index in [1.54, 1.807) is 6.92 Å². The minimum absolute atomic E-state index is 0.116. The number of nitrogens with two attached hydrogens (primary N) is 1. The van der Waals surface area contributed by atoms with E-state index in [0.717, 1.165) is 0 Å². The van der Waals surface area contributed by atoms with E-state index in [2.05, 4.69) is 0 Å². The lowest BCUT2D eigenvalue weighted by atomic mass is 9.93. The van der Waals surface area contributed by atoms with Gasteiger partial charge in [-0.05, 0) is 25.7 Å². The van der Waals surface area contributed by atoms with Crippen LogP contribution in [-0.2, 0) is 9.84 Å². The third-order valence-corrected chi connectivity index (χ3v) is 4.27. The monoisotopic (exact) mass is 209 g/mol. The number of hydrogen-bond acceptors (Lipinski definition) is 3. The molecule has 0 aromatic carbocycles. The second kappa shape index (κ2) is 3.92. The standard InChI is InChI=1S/C8H16FNO2S/c1-6(10)8(9)7-2-4-13(11,12)5-3-7/h6-8H,2-5,10H2,1H3. The molecule has 78 valence electrons. The van der Waals surface area contributed by atoms with Crippen molar-refractivity contribution in [1.82, 2.24) is 0 Å². The highest BCUT2D eigenvalue weighted by Gasteiger charge is 2.31. The minimum Gasteiger partial charge on any atom is -0.325 e. The molecule has 0 aromatic rings. The van der Waals surface area contributed by atoms with Crippen molar-refractivity contribution in [3.63, 3.8) is 0 Å². The van der Waals surface area contributed by atoms with Gasteiger partial charge in [-0.15, -0.1) is 0 Å². The van der Waals surface area contributed by atoms with Crippen molar-refractivity contribution >= 4 is 9.84 Å². The summed E-state index contributed by atoms with van der Waals surface area (Å²) < 4.78 is 35.4. The summed E-state index contributed by atoms with van der Waals surface area (Å²) in [6.07, 6.45) is -0.216. The molecule has 2 atom stereocenters. The van der Waals surface area contributed by atoms with Crippen LogP contribution >= 0.6 is 0 Å². The second-order valence-corrected chi connectivity index (χ2v) is 6.10. The maximum atomic E-state index is 13.3. The fourth-order valence-electron chi connectivity index (χ4n) is 1.66. The van der Waals surface area contributed by atoms with Gasteiger partial charge in [-0.25, -0.2) is 12.8 Å². The quantitative estimate of drug-likeness (QED) is 0.720. The average Bonchev–Trinajstić information content (AvgIpc) is 2.03. The van der Waals surface area contributed by atoms with Gasteiger partial charge >= 0.3 is 0 Å². The van der Waals surface area contributed by atoms with Gasteiger partial charge in [0.15, 0.2) is 0 Å². The summed E-state index contributed by atoms with van der Waals surface area (Å²) in [6, 6.07) is -0.495. The molecule has 5 heteroatoms. The Bertz CT molecular complexity index is 249. The van der Waals surface area contributed by atoms with Gasteiger partial charge in [0, 0.05) is 6.04 Å². The molecule has 0 aromatic heterocycles. The van der Waals surface area contributed by atoms with Crippen LogP contribution in [0.4, 0.5) is 4.39 Å². The lowest BCUT2D eigenvalue weighted by molar-refractivity contribution is 0.186. The molecule has 1 fully saturated rings. The lowest BCUT2D eigenvalue weighted by Gasteiger charge is -2.26. The van der Waals surface area contributed by atoms with Gasteiger partial charge < -0.3 is 5.73 Å². The molecule has 0 bridgehead atoms. The first-order chi connectivity index (χ1) is 5.92. The predicted molar refractivity (Wildman–Crippen MR) is 49.9 cm³/mol. The molecular formula is C8H16FNO2S. The van der Waals surface area contributed by atoms with Crippen LogP contribution in [0.5, 0.6) is 0 Å². The van der Waals surface area contributed by atoms with Crippen LogP contribution in [0.2, 0.25) is 0 Å². The van der Waals surface area contributed by atoms with Crippen molar-refractivity contribution in [2.24, 2.45) is 11.7 Å². The fraction of sp³-hybridized carbons (Fsp3) is 1.00. The van der Waals surface area contributed by atoms with E-state index >= 15 is 0 Å². The van der Waals surface area contributed by atoms with E-state index in [0.29, 0.717) is 12.8 Å². The van der Waals surface area contributed by atoms with Gasteiger partial charge in [0.2, 0.25) is 0 Å². The van der Waals surface area contributed by atoms with Crippen LogP contribution in [0.1, 0.15) is 19.8 Å². The summed E-state index contributed by atoms with van der Waals surface area (Å²) in [6.45, 7) is 1.62. The molecule has 3 nitrogen and oxygen atoms in total. The molecule has 1 rings (SSSR count). The fourth-order valence-corrected chi connectivity index (χ4v) is 3.18. The summed E-state index contributed by atoms with van der Waals surface area (Å²) >= 11 is 0.